The number of amides is 2. The number of hydrogen-bond donors (Lipinski definition) is 2. The topological polar surface area (TPSA) is 76.0 Å². The van der Waals surface area contributed by atoms with E-state index >= 15 is 0 Å². The van der Waals surface area contributed by atoms with Crippen LogP contribution in [0.1, 0.15) is 19.4 Å². The Bertz CT molecular complexity index is 973. The summed E-state index contributed by atoms with van der Waals surface area (Å²) in [6, 6.07) is 16.8. The first-order valence-electron chi connectivity index (χ1n) is 9.01. The molecule has 2 amide bonds. The highest BCUT2D eigenvalue weighted by Crippen LogP contribution is 2.15. The highest BCUT2D eigenvalue weighted by Gasteiger charge is 2.07. The molecule has 6 heteroatoms. The molecule has 2 aromatic carbocycles. The zero-order valence-electron chi connectivity index (χ0n) is 15.8. The van der Waals surface area contributed by atoms with Crippen LogP contribution in [0.5, 0.6) is 0 Å². The van der Waals surface area contributed by atoms with Gasteiger partial charge in [-0.1, -0.05) is 32.0 Å². The maximum absolute atomic E-state index is 12.1. The van der Waals surface area contributed by atoms with Crippen molar-refractivity contribution in [1.29, 1.82) is 0 Å². The van der Waals surface area contributed by atoms with Gasteiger partial charge in [-0.2, -0.15) is 5.10 Å². The summed E-state index contributed by atoms with van der Waals surface area (Å²) in [5.41, 5.74) is 3.12. The van der Waals surface area contributed by atoms with E-state index in [0.717, 1.165) is 11.3 Å². The van der Waals surface area contributed by atoms with Gasteiger partial charge in [0.15, 0.2) is 0 Å². The molecule has 3 rings (SSSR count). The van der Waals surface area contributed by atoms with Crippen LogP contribution in [0.4, 0.5) is 11.4 Å². The van der Waals surface area contributed by atoms with E-state index in [-0.39, 0.29) is 17.7 Å². The van der Waals surface area contributed by atoms with Gasteiger partial charge in [-0.25, -0.2) is 4.68 Å². The number of carbonyl (C=O) groups is 2. The summed E-state index contributed by atoms with van der Waals surface area (Å²) in [5.74, 6) is -0.377. The van der Waals surface area contributed by atoms with Crippen molar-refractivity contribution in [1.82, 2.24) is 9.78 Å². The molecule has 0 saturated heterocycles. The average molecular weight is 374 g/mol. The molecule has 1 heterocycles. The Hall–Kier alpha value is -3.67. The van der Waals surface area contributed by atoms with Gasteiger partial charge in [0.25, 0.3) is 0 Å². The summed E-state index contributed by atoms with van der Waals surface area (Å²) in [7, 11) is 0. The van der Waals surface area contributed by atoms with Gasteiger partial charge in [-0.05, 0) is 42.5 Å². The monoisotopic (exact) mass is 374 g/mol. The number of carbonyl (C=O) groups excluding carboxylic acids is 2. The average Bonchev–Trinajstić information content (AvgIpc) is 3.17. The second-order valence-electron chi connectivity index (χ2n) is 6.60. The molecule has 0 atom stereocenters. The predicted molar refractivity (Wildman–Crippen MR) is 111 cm³/mol. The fraction of sp³-hybridized carbons (Fsp3) is 0.136. The quantitative estimate of drug-likeness (QED) is 0.637. The third-order valence-corrected chi connectivity index (χ3v) is 3.99. The minimum atomic E-state index is -0.244. The molecule has 0 spiro atoms. The summed E-state index contributed by atoms with van der Waals surface area (Å²) >= 11 is 0. The zero-order chi connectivity index (χ0) is 19.9. The minimum absolute atomic E-state index is 0.0456. The van der Waals surface area contributed by atoms with Gasteiger partial charge in [0.05, 0.1) is 11.9 Å². The number of nitrogens with zero attached hydrogens (tertiary/aromatic N) is 2. The van der Waals surface area contributed by atoms with Crippen molar-refractivity contribution >= 4 is 29.3 Å². The Balaban J connectivity index is 1.57. The summed E-state index contributed by atoms with van der Waals surface area (Å²) in [4.78, 5) is 23.8. The van der Waals surface area contributed by atoms with Crippen LogP contribution in [0, 0.1) is 5.92 Å². The van der Waals surface area contributed by atoms with Crippen molar-refractivity contribution in [2.24, 2.45) is 5.92 Å². The molecule has 0 unspecified atom stereocenters. The second kappa shape index (κ2) is 8.81. The summed E-state index contributed by atoms with van der Waals surface area (Å²) in [6.07, 6.45) is 6.72. The first kappa shape index (κ1) is 19.1. The Morgan fingerprint density at radius 1 is 0.964 bits per heavy atom. The van der Waals surface area contributed by atoms with Crippen LogP contribution in [-0.4, -0.2) is 21.6 Å². The van der Waals surface area contributed by atoms with Crippen LogP contribution in [0.15, 0.2) is 73.1 Å². The summed E-state index contributed by atoms with van der Waals surface area (Å²) in [5, 5.41) is 9.89. The van der Waals surface area contributed by atoms with E-state index in [1.54, 1.807) is 41.2 Å². The lowest BCUT2D eigenvalue weighted by atomic mass is 10.2. The van der Waals surface area contributed by atoms with Gasteiger partial charge in [-0.15, -0.1) is 0 Å². The first-order chi connectivity index (χ1) is 13.5. The maximum Gasteiger partial charge on any atom is 0.248 e. The molecule has 2 N–H and O–H groups in total. The zero-order valence-corrected chi connectivity index (χ0v) is 15.8. The molecule has 1 aromatic heterocycles. The lowest BCUT2D eigenvalue weighted by Crippen LogP contribution is -2.17. The molecule has 0 aliphatic carbocycles. The molecule has 142 valence electrons. The second-order valence-corrected chi connectivity index (χ2v) is 6.60. The molecule has 3 aromatic rings. The predicted octanol–water partition coefficient (Wildman–Crippen LogP) is 4.12. The van der Waals surface area contributed by atoms with Crippen molar-refractivity contribution in [3.8, 4) is 5.69 Å². The van der Waals surface area contributed by atoms with Gasteiger partial charge in [-0.3, -0.25) is 9.59 Å². The van der Waals surface area contributed by atoms with E-state index in [0.29, 0.717) is 11.4 Å². The molecule has 0 saturated carbocycles. The van der Waals surface area contributed by atoms with E-state index in [1.165, 1.54) is 6.08 Å². The third kappa shape index (κ3) is 5.17. The van der Waals surface area contributed by atoms with Crippen molar-refractivity contribution in [3.63, 3.8) is 0 Å². The van der Waals surface area contributed by atoms with Crippen LogP contribution in [0.25, 0.3) is 11.8 Å². The van der Waals surface area contributed by atoms with Crippen LogP contribution in [0.3, 0.4) is 0 Å². The first-order valence-corrected chi connectivity index (χ1v) is 9.01. The Morgan fingerprint density at radius 3 is 2.25 bits per heavy atom. The number of nitrogens with one attached hydrogen (secondary N) is 2. The molecular weight excluding hydrogens is 352 g/mol. The van der Waals surface area contributed by atoms with Gasteiger partial charge in [0.2, 0.25) is 11.8 Å². The van der Waals surface area contributed by atoms with Crippen LogP contribution < -0.4 is 10.6 Å². The molecule has 0 aliphatic heterocycles. The van der Waals surface area contributed by atoms with E-state index in [9.17, 15) is 9.59 Å². The van der Waals surface area contributed by atoms with Crippen molar-refractivity contribution in [2.75, 3.05) is 10.6 Å². The van der Waals surface area contributed by atoms with Crippen LogP contribution in [0.2, 0.25) is 0 Å². The number of anilines is 2. The lowest BCUT2D eigenvalue weighted by molar-refractivity contribution is -0.119. The smallest absolute Gasteiger partial charge is 0.248 e. The van der Waals surface area contributed by atoms with Crippen molar-refractivity contribution < 1.29 is 9.59 Å². The molecule has 0 radical (unpaired) electrons. The van der Waals surface area contributed by atoms with Gasteiger partial charge in [0.1, 0.15) is 0 Å². The van der Waals surface area contributed by atoms with Crippen molar-refractivity contribution in [3.05, 3.63) is 78.6 Å². The van der Waals surface area contributed by atoms with Gasteiger partial charge < -0.3 is 10.6 Å². The highest BCUT2D eigenvalue weighted by atomic mass is 16.2. The van der Waals surface area contributed by atoms with E-state index < -0.39 is 0 Å². The minimum Gasteiger partial charge on any atom is -0.326 e. The standard InChI is InChI=1S/C22H22N4O2/c1-16(2)22(28)25-19-11-9-18(10-12-19)24-21(27)13-8-17-14-23-26(15-17)20-6-4-3-5-7-20/h3-16H,1-2H3,(H,24,27)(H,25,28)/b13-8+. The fourth-order valence-electron chi connectivity index (χ4n) is 2.42. The largest absolute Gasteiger partial charge is 0.326 e. The van der Waals surface area contributed by atoms with Crippen molar-refractivity contribution in [2.45, 2.75) is 13.8 Å². The molecule has 0 bridgehead atoms. The van der Waals surface area contributed by atoms with Gasteiger partial charge >= 0.3 is 0 Å². The van der Waals surface area contributed by atoms with E-state index in [4.69, 9.17) is 0 Å². The Morgan fingerprint density at radius 2 is 1.61 bits per heavy atom. The Labute approximate surface area is 163 Å². The normalized spacial score (nSPS) is 11.0. The lowest BCUT2D eigenvalue weighted by Gasteiger charge is -2.08. The number of aromatic nitrogens is 2. The third-order valence-electron chi connectivity index (χ3n) is 3.99. The molecule has 28 heavy (non-hydrogen) atoms. The molecule has 6 nitrogen and oxygen atoms in total. The highest BCUT2D eigenvalue weighted by molar-refractivity contribution is 6.02. The number of rotatable bonds is 6. The fourth-order valence-corrected chi connectivity index (χ4v) is 2.42. The number of benzene rings is 2. The summed E-state index contributed by atoms with van der Waals surface area (Å²) in [6.45, 7) is 3.67. The molecule has 0 aliphatic rings. The number of hydrogen-bond acceptors (Lipinski definition) is 3. The van der Waals surface area contributed by atoms with Crippen LogP contribution >= 0.6 is 0 Å². The SMILES string of the molecule is CC(C)C(=O)Nc1ccc(NC(=O)/C=C/c2cnn(-c3ccccc3)c2)cc1. The Kier molecular flexibility index (Phi) is 6.01. The molecule has 0 fully saturated rings. The van der Waals surface area contributed by atoms with Crippen LogP contribution in [-0.2, 0) is 9.59 Å². The van der Waals surface area contributed by atoms with Gasteiger partial charge in [0, 0.05) is 35.1 Å². The number of para-hydroxylation sites is 1. The van der Waals surface area contributed by atoms with E-state index in [2.05, 4.69) is 15.7 Å². The van der Waals surface area contributed by atoms with E-state index in [1.807, 2.05) is 50.4 Å². The molecular formula is C22H22N4O2. The summed E-state index contributed by atoms with van der Waals surface area (Å²) < 4.78 is 1.75. The maximum atomic E-state index is 12.1.